The predicted molar refractivity (Wildman–Crippen MR) is 106 cm³/mol. The average Bonchev–Trinajstić information content (AvgIpc) is 2.54. The molecule has 0 aromatic heterocycles. The van der Waals surface area contributed by atoms with Gasteiger partial charge >= 0.3 is 6.03 Å². The number of nitrogens with one attached hydrogen (secondary N) is 2. The Balaban J connectivity index is 2.72. The van der Waals surface area contributed by atoms with Crippen molar-refractivity contribution in [2.45, 2.75) is 40.5 Å². The van der Waals surface area contributed by atoms with Gasteiger partial charge in [0.25, 0.3) is 0 Å². The van der Waals surface area contributed by atoms with E-state index in [2.05, 4.69) is 38.3 Å². The van der Waals surface area contributed by atoms with Crippen molar-refractivity contribution in [3.8, 4) is 0 Å². The minimum atomic E-state index is -0.230. The van der Waals surface area contributed by atoms with Crippen LogP contribution in [0.25, 0.3) is 0 Å². The summed E-state index contributed by atoms with van der Waals surface area (Å²) in [5, 5.41) is 5.68. The minimum absolute atomic E-state index is 0.00519. The van der Waals surface area contributed by atoms with Gasteiger partial charge in [-0.15, -0.1) is 0 Å². The first-order chi connectivity index (χ1) is 12.3. The fraction of sp³-hybridized carbons (Fsp3) is 0.600. The number of carbonyl (C=O) groups excluding carboxylic acids is 2. The quantitative estimate of drug-likeness (QED) is 0.654. The van der Waals surface area contributed by atoms with Crippen LogP contribution in [0.15, 0.2) is 24.3 Å². The van der Waals surface area contributed by atoms with Crippen LogP contribution in [0.1, 0.15) is 40.5 Å². The number of urea groups is 1. The Morgan fingerprint density at radius 2 is 1.54 bits per heavy atom. The first-order valence-corrected chi connectivity index (χ1v) is 9.26. The summed E-state index contributed by atoms with van der Waals surface area (Å²) in [6.45, 7) is 10.1. The highest BCUT2D eigenvalue weighted by molar-refractivity contribution is 5.94. The van der Waals surface area contributed by atoms with Gasteiger partial charge in [-0.25, -0.2) is 4.79 Å². The van der Waals surface area contributed by atoms with E-state index in [-0.39, 0.29) is 18.5 Å². The average molecular weight is 364 g/mol. The Hall–Kier alpha value is -2.08. The maximum absolute atomic E-state index is 12.7. The van der Waals surface area contributed by atoms with Gasteiger partial charge in [0.2, 0.25) is 5.91 Å². The van der Waals surface area contributed by atoms with E-state index in [4.69, 9.17) is 4.74 Å². The number of anilines is 2. The number of nitrogens with zero attached hydrogens (tertiary/aromatic N) is 1. The maximum atomic E-state index is 12.7. The van der Waals surface area contributed by atoms with E-state index in [1.165, 1.54) is 7.11 Å². The fourth-order valence-electron chi connectivity index (χ4n) is 2.35. The largest absolute Gasteiger partial charge is 0.375 e. The molecule has 0 unspecified atom stereocenters. The van der Waals surface area contributed by atoms with E-state index in [1.807, 2.05) is 11.0 Å². The topological polar surface area (TPSA) is 70.7 Å². The number of methoxy groups -OCH3 is 1. The summed E-state index contributed by atoms with van der Waals surface area (Å²) in [6, 6.07) is 7.02. The normalized spacial score (nSPS) is 10.9. The lowest BCUT2D eigenvalue weighted by molar-refractivity contribution is -0.119. The third-order valence-corrected chi connectivity index (χ3v) is 3.91. The highest BCUT2D eigenvalue weighted by Gasteiger charge is 2.15. The monoisotopic (exact) mass is 363 g/mol. The molecule has 0 spiro atoms. The molecule has 0 radical (unpaired) electrons. The molecule has 1 aromatic rings. The van der Waals surface area contributed by atoms with Gasteiger partial charge in [-0.1, -0.05) is 33.8 Å². The lowest BCUT2D eigenvalue weighted by Crippen LogP contribution is -2.37. The molecular formula is C20H33N3O3. The number of benzene rings is 1. The second-order valence-electron chi connectivity index (χ2n) is 7.34. The third-order valence-electron chi connectivity index (χ3n) is 3.91. The van der Waals surface area contributed by atoms with Crippen molar-refractivity contribution in [2.75, 3.05) is 37.4 Å². The zero-order valence-electron chi connectivity index (χ0n) is 16.7. The molecule has 0 aliphatic heterocycles. The summed E-state index contributed by atoms with van der Waals surface area (Å²) in [5.74, 6) is 0.860. The Labute approximate surface area is 157 Å². The molecule has 0 bridgehead atoms. The third kappa shape index (κ3) is 8.85. The van der Waals surface area contributed by atoms with Crippen LogP contribution in [0.3, 0.4) is 0 Å². The van der Waals surface area contributed by atoms with Crippen LogP contribution in [-0.2, 0) is 9.53 Å². The van der Waals surface area contributed by atoms with Gasteiger partial charge in [0.05, 0.1) is 0 Å². The minimum Gasteiger partial charge on any atom is -0.375 e. The van der Waals surface area contributed by atoms with Crippen LogP contribution in [-0.4, -0.2) is 43.6 Å². The number of ether oxygens (including phenoxy) is 1. The van der Waals surface area contributed by atoms with Gasteiger partial charge in [-0.2, -0.15) is 0 Å². The maximum Gasteiger partial charge on any atom is 0.321 e. The van der Waals surface area contributed by atoms with Crippen LogP contribution < -0.4 is 10.6 Å². The number of amides is 3. The van der Waals surface area contributed by atoms with Crippen LogP contribution >= 0.6 is 0 Å². The fourth-order valence-corrected chi connectivity index (χ4v) is 2.35. The number of carbonyl (C=O) groups is 2. The van der Waals surface area contributed by atoms with Gasteiger partial charge in [0, 0.05) is 31.6 Å². The summed E-state index contributed by atoms with van der Waals surface area (Å²) >= 11 is 0. The zero-order valence-corrected chi connectivity index (χ0v) is 16.7. The standard InChI is InChI=1S/C20H33N3O3/c1-15(2)9-11-23(12-10-16(3)4)20(25)22-18-8-6-7-17(13-18)21-19(24)14-26-5/h6-8,13,15-16H,9-12,14H2,1-5H3,(H,21,24)(H,22,25). The lowest BCUT2D eigenvalue weighted by atomic mass is 10.1. The molecule has 0 heterocycles. The summed E-state index contributed by atoms with van der Waals surface area (Å²) in [7, 11) is 1.47. The molecule has 2 N–H and O–H groups in total. The molecule has 0 saturated carbocycles. The molecule has 0 atom stereocenters. The lowest BCUT2D eigenvalue weighted by Gasteiger charge is -2.25. The van der Waals surface area contributed by atoms with Crippen molar-refractivity contribution in [3.05, 3.63) is 24.3 Å². The van der Waals surface area contributed by atoms with E-state index in [0.29, 0.717) is 23.2 Å². The smallest absolute Gasteiger partial charge is 0.321 e. The summed E-state index contributed by atoms with van der Waals surface area (Å²) in [5.41, 5.74) is 1.28. The van der Waals surface area contributed by atoms with Crippen LogP contribution in [0.2, 0.25) is 0 Å². The van der Waals surface area contributed by atoms with Gasteiger partial charge < -0.3 is 20.3 Å². The number of hydrogen-bond acceptors (Lipinski definition) is 3. The molecule has 1 aromatic carbocycles. The van der Waals surface area contributed by atoms with Gasteiger partial charge in [0.15, 0.2) is 0 Å². The molecular weight excluding hydrogens is 330 g/mol. The van der Waals surface area contributed by atoms with E-state index in [0.717, 1.165) is 25.9 Å². The summed E-state index contributed by atoms with van der Waals surface area (Å²) < 4.78 is 4.81. The van der Waals surface area contributed by atoms with Crippen LogP contribution in [0.4, 0.5) is 16.2 Å². The first-order valence-electron chi connectivity index (χ1n) is 9.26. The number of hydrogen-bond donors (Lipinski definition) is 2. The molecule has 146 valence electrons. The van der Waals surface area contributed by atoms with Gasteiger partial charge in [-0.05, 0) is 42.9 Å². The zero-order chi connectivity index (χ0) is 19.5. The Bertz CT molecular complexity index is 561. The molecule has 6 heteroatoms. The first kappa shape index (κ1) is 22.0. The van der Waals surface area contributed by atoms with E-state index < -0.39 is 0 Å². The van der Waals surface area contributed by atoms with Crippen molar-refractivity contribution >= 4 is 23.3 Å². The molecule has 1 rings (SSSR count). The van der Waals surface area contributed by atoms with Crippen LogP contribution in [0.5, 0.6) is 0 Å². The molecule has 6 nitrogen and oxygen atoms in total. The van der Waals surface area contributed by atoms with E-state index in [1.54, 1.807) is 18.2 Å². The Morgan fingerprint density at radius 3 is 2.04 bits per heavy atom. The molecule has 3 amide bonds. The van der Waals surface area contributed by atoms with Crippen molar-refractivity contribution in [2.24, 2.45) is 11.8 Å². The molecule has 26 heavy (non-hydrogen) atoms. The van der Waals surface area contributed by atoms with Crippen LogP contribution in [0, 0.1) is 11.8 Å². The molecule has 0 aliphatic rings. The van der Waals surface area contributed by atoms with Crippen molar-refractivity contribution in [1.29, 1.82) is 0 Å². The highest BCUT2D eigenvalue weighted by Crippen LogP contribution is 2.16. The predicted octanol–water partition coefficient (Wildman–Crippen LogP) is 4.20. The van der Waals surface area contributed by atoms with Crippen molar-refractivity contribution < 1.29 is 14.3 Å². The van der Waals surface area contributed by atoms with E-state index in [9.17, 15) is 9.59 Å². The number of rotatable bonds is 10. The Kier molecular flexibility index (Phi) is 9.73. The molecule has 0 saturated heterocycles. The summed E-state index contributed by atoms with van der Waals surface area (Å²) in [6.07, 6.45) is 1.94. The Morgan fingerprint density at radius 1 is 1.00 bits per heavy atom. The second kappa shape index (κ2) is 11.5. The SMILES string of the molecule is COCC(=O)Nc1cccc(NC(=O)N(CCC(C)C)CCC(C)C)c1. The van der Waals surface area contributed by atoms with E-state index >= 15 is 0 Å². The van der Waals surface area contributed by atoms with Gasteiger partial charge in [-0.3, -0.25) is 4.79 Å². The summed E-state index contributed by atoms with van der Waals surface area (Å²) in [4.78, 5) is 26.2. The van der Waals surface area contributed by atoms with Gasteiger partial charge in [0.1, 0.15) is 6.61 Å². The van der Waals surface area contributed by atoms with Crippen molar-refractivity contribution in [3.63, 3.8) is 0 Å². The second-order valence-corrected chi connectivity index (χ2v) is 7.34. The highest BCUT2D eigenvalue weighted by atomic mass is 16.5. The van der Waals surface area contributed by atoms with Crippen molar-refractivity contribution in [1.82, 2.24) is 4.90 Å². The molecule has 0 fully saturated rings. The molecule has 0 aliphatic carbocycles.